The standard InChI is InChI=1S/C10H15N3O2/c1-3-13-6-4-5-8(13)9-11-10(7(2)14)15-12-9/h8H,3-6H2,1-2H3. The number of likely N-dealkylation sites (tertiary alicyclic amines) is 1. The second kappa shape index (κ2) is 4.10. The number of aromatic nitrogens is 2. The average molecular weight is 209 g/mol. The lowest BCUT2D eigenvalue weighted by Crippen LogP contribution is -2.23. The fourth-order valence-electron chi connectivity index (χ4n) is 2.01. The maximum Gasteiger partial charge on any atom is 0.293 e. The van der Waals surface area contributed by atoms with Gasteiger partial charge in [-0.05, 0) is 25.9 Å². The molecule has 1 fully saturated rings. The van der Waals surface area contributed by atoms with Gasteiger partial charge in [-0.25, -0.2) is 0 Å². The van der Waals surface area contributed by atoms with Crippen molar-refractivity contribution in [3.05, 3.63) is 11.7 Å². The van der Waals surface area contributed by atoms with Crippen molar-refractivity contribution in [3.8, 4) is 0 Å². The molecule has 2 rings (SSSR count). The minimum atomic E-state index is -0.171. The number of rotatable bonds is 3. The molecule has 1 aliphatic heterocycles. The Labute approximate surface area is 88.5 Å². The van der Waals surface area contributed by atoms with Gasteiger partial charge in [0.15, 0.2) is 5.82 Å². The summed E-state index contributed by atoms with van der Waals surface area (Å²) in [6.07, 6.45) is 2.20. The molecule has 1 aromatic heterocycles. The predicted octanol–water partition coefficient (Wildman–Crippen LogP) is 1.43. The van der Waals surface area contributed by atoms with Crippen molar-refractivity contribution in [2.45, 2.75) is 32.7 Å². The molecule has 5 nitrogen and oxygen atoms in total. The second-order valence-corrected chi connectivity index (χ2v) is 3.80. The van der Waals surface area contributed by atoms with E-state index in [1.807, 2.05) is 0 Å². The first-order valence-corrected chi connectivity index (χ1v) is 5.31. The minimum absolute atomic E-state index is 0.118. The van der Waals surface area contributed by atoms with Crippen LogP contribution in [0.2, 0.25) is 0 Å². The first-order valence-electron chi connectivity index (χ1n) is 5.31. The molecule has 15 heavy (non-hydrogen) atoms. The Morgan fingerprint density at radius 2 is 2.47 bits per heavy atom. The van der Waals surface area contributed by atoms with Crippen molar-refractivity contribution in [1.82, 2.24) is 15.0 Å². The van der Waals surface area contributed by atoms with Crippen LogP contribution in [0.15, 0.2) is 4.52 Å². The van der Waals surface area contributed by atoms with Gasteiger partial charge in [0.05, 0.1) is 6.04 Å². The van der Waals surface area contributed by atoms with Crippen molar-refractivity contribution in [2.24, 2.45) is 0 Å². The number of Topliss-reactive ketones (excluding diaryl/α,β-unsaturated/α-hetero) is 1. The number of hydrogen-bond donors (Lipinski definition) is 0. The summed E-state index contributed by atoms with van der Waals surface area (Å²) >= 11 is 0. The van der Waals surface area contributed by atoms with Crippen molar-refractivity contribution in [1.29, 1.82) is 0 Å². The molecule has 1 unspecified atom stereocenters. The first kappa shape index (κ1) is 10.3. The average Bonchev–Trinajstić information content (AvgIpc) is 2.85. The van der Waals surface area contributed by atoms with Gasteiger partial charge in [0.2, 0.25) is 5.78 Å². The van der Waals surface area contributed by atoms with Gasteiger partial charge < -0.3 is 4.52 Å². The summed E-state index contributed by atoms with van der Waals surface area (Å²) in [4.78, 5) is 17.4. The molecular weight excluding hydrogens is 194 g/mol. The van der Waals surface area contributed by atoms with E-state index in [-0.39, 0.29) is 17.7 Å². The van der Waals surface area contributed by atoms with Crippen LogP contribution in [0.1, 0.15) is 49.2 Å². The van der Waals surface area contributed by atoms with E-state index in [0.29, 0.717) is 5.82 Å². The maximum absolute atomic E-state index is 11.0. The van der Waals surface area contributed by atoms with E-state index in [4.69, 9.17) is 4.52 Å². The molecule has 5 heteroatoms. The molecule has 82 valence electrons. The van der Waals surface area contributed by atoms with Gasteiger partial charge in [-0.2, -0.15) is 4.98 Å². The normalized spacial score (nSPS) is 22.1. The lowest BCUT2D eigenvalue weighted by atomic mass is 10.2. The summed E-state index contributed by atoms with van der Waals surface area (Å²) < 4.78 is 4.89. The molecule has 0 aliphatic carbocycles. The zero-order valence-electron chi connectivity index (χ0n) is 9.06. The highest BCUT2D eigenvalue weighted by atomic mass is 16.5. The van der Waals surface area contributed by atoms with E-state index in [0.717, 1.165) is 25.9 Å². The lowest BCUT2D eigenvalue weighted by molar-refractivity contribution is 0.0972. The van der Waals surface area contributed by atoms with Crippen molar-refractivity contribution < 1.29 is 9.32 Å². The molecule has 1 aromatic rings. The van der Waals surface area contributed by atoms with Gasteiger partial charge in [0.25, 0.3) is 5.89 Å². The van der Waals surface area contributed by atoms with Crippen LogP contribution in [-0.2, 0) is 0 Å². The van der Waals surface area contributed by atoms with Crippen LogP contribution in [0, 0.1) is 0 Å². The van der Waals surface area contributed by atoms with Crippen LogP contribution in [0.25, 0.3) is 0 Å². The van der Waals surface area contributed by atoms with Crippen LogP contribution in [0.5, 0.6) is 0 Å². The molecule has 0 spiro atoms. The molecular formula is C10H15N3O2. The molecule has 0 radical (unpaired) electrons. The van der Waals surface area contributed by atoms with E-state index in [1.54, 1.807) is 0 Å². The fourth-order valence-corrected chi connectivity index (χ4v) is 2.01. The zero-order valence-corrected chi connectivity index (χ0v) is 9.06. The third kappa shape index (κ3) is 1.92. The topological polar surface area (TPSA) is 59.2 Å². The lowest BCUT2D eigenvalue weighted by Gasteiger charge is -2.18. The molecule has 1 aliphatic rings. The van der Waals surface area contributed by atoms with Gasteiger partial charge in [-0.15, -0.1) is 0 Å². The molecule has 0 N–H and O–H groups in total. The summed E-state index contributed by atoms with van der Waals surface area (Å²) in [7, 11) is 0. The molecule has 0 bridgehead atoms. The Morgan fingerprint density at radius 3 is 3.07 bits per heavy atom. The molecule has 1 saturated heterocycles. The summed E-state index contributed by atoms with van der Waals surface area (Å²) in [5.74, 6) is 0.599. The van der Waals surface area contributed by atoms with Crippen LogP contribution in [-0.4, -0.2) is 33.9 Å². The number of nitrogens with zero attached hydrogens (tertiary/aromatic N) is 3. The van der Waals surface area contributed by atoms with E-state index in [1.165, 1.54) is 6.92 Å². The summed E-state index contributed by atoms with van der Waals surface area (Å²) in [6, 6.07) is 0.229. The second-order valence-electron chi connectivity index (χ2n) is 3.80. The Morgan fingerprint density at radius 1 is 1.67 bits per heavy atom. The Bertz CT molecular complexity index is 361. The van der Waals surface area contributed by atoms with Gasteiger partial charge in [0.1, 0.15) is 0 Å². The van der Waals surface area contributed by atoms with Crippen LogP contribution < -0.4 is 0 Å². The molecule has 0 aromatic carbocycles. The predicted molar refractivity (Wildman–Crippen MR) is 53.5 cm³/mol. The Balaban J connectivity index is 2.18. The highest BCUT2D eigenvalue weighted by Crippen LogP contribution is 2.29. The SMILES string of the molecule is CCN1CCCC1c1noc(C(C)=O)n1. The van der Waals surface area contributed by atoms with Crippen LogP contribution in [0.4, 0.5) is 0 Å². The van der Waals surface area contributed by atoms with Crippen LogP contribution in [0.3, 0.4) is 0 Å². The Hall–Kier alpha value is -1.23. The molecule has 1 atom stereocenters. The smallest absolute Gasteiger partial charge is 0.293 e. The highest BCUT2D eigenvalue weighted by molar-refractivity contribution is 5.89. The van der Waals surface area contributed by atoms with Gasteiger partial charge in [-0.1, -0.05) is 12.1 Å². The molecule has 2 heterocycles. The first-order chi connectivity index (χ1) is 7.22. The van der Waals surface area contributed by atoms with Crippen molar-refractivity contribution >= 4 is 5.78 Å². The third-order valence-corrected chi connectivity index (χ3v) is 2.81. The summed E-state index contributed by atoms with van der Waals surface area (Å²) in [5, 5.41) is 3.87. The van der Waals surface area contributed by atoms with Gasteiger partial charge >= 0.3 is 0 Å². The van der Waals surface area contributed by atoms with E-state index >= 15 is 0 Å². The number of carbonyl (C=O) groups excluding carboxylic acids is 1. The minimum Gasteiger partial charge on any atom is -0.331 e. The zero-order chi connectivity index (χ0) is 10.8. The third-order valence-electron chi connectivity index (χ3n) is 2.81. The number of hydrogen-bond acceptors (Lipinski definition) is 5. The number of carbonyl (C=O) groups is 1. The van der Waals surface area contributed by atoms with E-state index in [9.17, 15) is 4.79 Å². The van der Waals surface area contributed by atoms with Crippen molar-refractivity contribution in [2.75, 3.05) is 13.1 Å². The largest absolute Gasteiger partial charge is 0.331 e. The van der Waals surface area contributed by atoms with Crippen molar-refractivity contribution in [3.63, 3.8) is 0 Å². The van der Waals surface area contributed by atoms with Crippen LogP contribution >= 0.6 is 0 Å². The fraction of sp³-hybridized carbons (Fsp3) is 0.700. The van der Waals surface area contributed by atoms with E-state index in [2.05, 4.69) is 22.0 Å². The maximum atomic E-state index is 11.0. The molecule has 0 saturated carbocycles. The number of ketones is 1. The molecule has 0 amide bonds. The quantitative estimate of drug-likeness (QED) is 0.705. The summed E-state index contributed by atoms with van der Waals surface area (Å²) in [6.45, 7) is 5.60. The monoisotopic (exact) mass is 209 g/mol. The highest BCUT2D eigenvalue weighted by Gasteiger charge is 2.29. The Kier molecular flexibility index (Phi) is 2.81. The van der Waals surface area contributed by atoms with Gasteiger partial charge in [-0.3, -0.25) is 9.69 Å². The van der Waals surface area contributed by atoms with Gasteiger partial charge in [0, 0.05) is 6.92 Å². The summed E-state index contributed by atoms with van der Waals surface area (Å²) in [5.41, 5.74) is 0. The van der Waals surface area contributed by atoms with E-state index < -0.39 is 0 Å².